The molecule has 2 fully saturated rings. The molecule has 0 aliphatic carbocycles. The Kier molecular flexibility index (Phi) is 4.93. The Hall–Kier alpha value is -1.92. The van der Waals surface area contributed by atoms with E-state index in [1.165, 1.54) is 19.3 Å². The lowest BCUT2D eigenvalue weighted by Crippen LogP contribution is -2.48. The van der Waals surface area contributed by atoms with E-state index in [0.29, 0.717) is 12.0 Å². The summed E-state index contributed by atoms with van der Waals surface area (Å²) in [4.78, 5) is 22.6. The smallest absolute Gasteiger partial charge is 0.247 e. The molecule has 0 N–H and O–H groups in total. The Morgan fingerprint density at radius 2 is 2.00 bits per heavy atom. The van der Waals surface area contributed by atoms with Gasteiger partial charge < -0.3 is 14.7 Å². The van der Waals surface area contributed by atoms with Crippen molar-refractivity contribution >= 4 is 17.7 Å². The minimum atomic E-state index is 0.136. The van der Waals surface area contributed by atoms with Crippen molar-refractivity contribution in [1.82, 2.24) is 20.1 Å². The molecule has 3 heterocycles. The van der Waals surface area contributed by atoms with Crippen LogP contribution in [0.1, 0.15) is 39.5 Å². The lowest BCUT2D eigenvalue weighted by atomic mass is 10.0. The minimum absolute atomic E-state index is 0.136. The van der Waals surface area contributed by atoms with Crippen LogP contribution in [-0.4, -0.2) is 64.8 Å². The summed E-state index contributed by atoms with van der Waals surface area (Å²) in [6.45, 7) is 7.89. The second-order valence-electron chi connectivity index (χ2n) is 6.36. The van der Waals surface area contributed by atoms with Crippen LogP contribution < -0.4 is 9.80 Å². The number of nitrogens with zero attached hydrogens (tertiary/aromatic N) is 6. The summed E-state index contributed by atoms with van der Waals surface area (Å²) in [6, 6.07) is 0.558. The Bertz CT molecular complexity index is 543. The molecule has 0 aromatic carbocycles. The van der Waals surface area contributed by atoms with Gasteiger partial charge in [0.2, 0.25) is 11.9 Å². The Morgan fingerprint density at radius 3 is 2.70 bits per heavy atom. The van der Waals surface area contributed by atoms with Gasteiger partial charge in [-0.15, -0.1) is 5.10 Å². The zero-order chi connectivity index (χ0) is 16.2. The van der Waals surface area contributed by atoms with Crippen molar-refractivity contribution in [3.63, 3.8) is 0 Å². The van der Waals surface area contributed by atoms with Crippen LogP contribution >= 0.6 is 0 Å². The van der Waals surface area contributed by atoms with Crippen molar-refractivity contribution in [3.8, 4) is 0 Å². The van der Waals surface area contributed by atoms with Crippen LogP contribution in [0.25, 0.3) is 0 Å². The van der Waals surface area contributed by atoms with Gasteiger partial charge >= 0.3 is 0 Å². The van der Waals surface area contributed by atoms with Gasteiger partial charge in [-0.3, -0.25) is 4.79 Å². The number of carbonyl (C=O) groups is 1. The third-order valence-electron chi connectivity index (χ3n) is 4.94. The number of hydrogen-bond donors (Lipinski definition) is 0. The molecular formula is C16H26N6O. The molecule has 2 saturated heterocycles. The average Bonchev–Trinajstić information content (AvgIpc) is 2.62. The molecule has 1 amide bonds. The van der Waals surface area contributed by atoms with Gasteiger partial charge in [-0.1, -0.05) is 6.92 Å². The van der Waals surface area contributed by atoms with Crippen LogP contribution in [0.15, 0.2) is 6.20 Å². The lowest BCUT2D eigenvalue weighted by Gasteiger charge is -2.37. The van der Waals surface area contributed by atoms with Crippen molar-refractivity contribution in [2.24, 2.45) is 0 Å². The molecule has 2 aliphatic rings. The van der Waals surface area contributed by atoms with E-state index in [1.807, 2.05) is 4.90 Å². The zero-order valence-corrected chi connectivity index (χ0v) is 14.1. The molecule has 0 radical (unpaired) electrons. The highest BCUT2D eigenvalue weighted by atomic mass is 16.2. The SMILES string of the molecule is CCC1CCCCN1c1cnnc(N2CCN(C(C)=O)CC2)n1. The fraction of sp³-hybridized carbons (Fsp3) is 0.750. The van der Waals surface area contributed by atoms with Gasteiger partial charge in [0.1, 0.15) is 0 Å². The largest absolute Gasteiger partial charge is 0.352 e. The first-order valence-electron chi connectivity index (χ1n) is 8.66. The van der Waals surface area contributed by atoms with Crippen LogP contribution in [0.5, 0.6) is 0 Å². The molecule has 3 rings (SSSR count). The fourth-order valence-corrected chi connectivity index (χ4v) is 3.51. The number of hydrogen-bond acceptors (Lipinski definition) is 6. The molecule has 1 aromatic heterocycles. The molecule has 7 heteroatoms. The monoisotopic (exact) mass is 318 g/mol. The first kappa shape index (κ1) is 16.0. The van der Waals surface area contributed by atoms with E-state index in [9.17, 15) is 4.79 Å². The van der Waals surface area contributed by atoms with Crippen LogP contribution in [0.2, 0.25) is 0 Å². The third-order valence-corrected chi connectivity index (χ3v) is 4.94. The lowest BCUT2D eigenvalue weighted by molar-refractivity contribution is -0.129. The van der Waals surface area contributed by atoms with Crippen LogP contribution in [0, 0.1) is 0 Å². The molecule has 126 valence electrons. The number of carbonyl (C=O) groups excluding carboxylic acids is 1. The predicted octanol–water partition coefficient (Wildman–Crippen LogP) is 1.31. The first-order chi connectivity index (χ1) is 11.2. The number of piperidine rings is 1. The fourth-order valence-electron chi connectivity index (χ4n) is 3.51. The summed E-state index contributed by atoms with van der Waals surface area (Å²) < 4.78 is 0. The van der Waals surface area contributed by atoms with Crippen molar-refractivity contribution in [3.05, 3.63) is 6.20 Å². The van der Waals surface area contributed by atoms with E-state index in [0.717, 1.165) is 45.0 Å². The highest BCUT2D eigenvalue weighted by Crippen LogP contribution is 2.25. The maximum atomic E-state index is 11.4. The van der Waals surface area contributed by atoms with E-state index >= 15 is 0 Å². The minimum Gasteiger partial charge on any atom is -0.352 e. The number of piperazine rings is 1. The molecule has 2 aliphatic heterocycles. The molecule has 7 nitrogen and oxygen atoms in total. The number of amides is 1. The Morgan fingerprint density at radius 1 is 1.22 bits per heavy atom. The Labute approximate surface area is 137 Å². The summed E-state index contributed by atoms with van der Waals surface area (Å²) in [6.07, 6.45) is 6.66. The first-order valence-corrected chi connectivity index (χ1v) is 8.66. The van der Waals surface area contributed by atoms with E-state index in [-0.39, 0.29) is 5.91 Å². The van der Waals surface area contributed by atoms with E-state index in [4.69, 9.17) is 4.98 Å². The predicted molar refractivity (Wildman–Crippen MR) is 89.6 cm³/mol. The van der Waals surface area contributed by atoms with Gasteiger partial charge in [-0.25, -0.2) is 0 Å². The highest BCUT2D eigenvalue weighted by Gasteiger charge is 2.25. The normalized spacial score (nSPS) is 22.3. The molecule has 0 saturated carbocycles. The van der Waals surface area contributed by atoms with Gasteiger partial charge in [-0.05, 0) is 25.7 Å². The Balaban J connectivity index is 1.71. The van der Waals surface area contributed by atoms with Gasteiger partial charge in [0.05, 0.1) is 6.20 Å². The molecule has 0 bridgehead atoms. The number of rotatable bonds is 3. The van der Waals surface area contributed by atoms with Crippen molar-refractivity contribution in [2.45, 2.75) is 45.6 Å². The second-order valence-corrected chi connectivity index (χ2v) is 6.36. The molecule has 23 heavy (non-hydrogen) atoms. The quantitative estimate of drug-likeness (QED) is 0.837. The highest BCUT2D eigenvalue weighted by molar-refractivity contribution is 5.73. The van der Waals surface area contributed by atoms with Gasteiger partial charge in [-0.2, -0.15) is 10.1 Å². The van der Waals surface area contributed by atoms with Crippen molar-refractivity contribution < 1.29 is 4.79 Å². The topological polar surface area (TPSA) is 65.5 Å². The number of aromatic nitrogens is 3. The molecular weight excluding hydrogens is 292 g/mol. The van der Waals surface area contributed by atoms with E-state index in [2.05, 4.69) is 26.9 Å². The average molecular weight is 318 g/mol. The van der Waals surface area contributed by atoms with E-state index in [1.54, 1.807) is 13.1 Å². The maximum Gasteiger partial charge on any atom is 0.247 e. The standard InChI is InChI=1S/C16H26N6O/c1-3-14-6-4-5-7-22(14)15-12-17-19-16(18-15)21-10-8-20(9-11-21)13(2)23/h12,14H,3-11H2,1-2H3. The molecule has 1 unspecified atom stereocenters. The number of anilines is 2. The second kappa shape index (κ2) is 7.10. The summed E-state index contributed by atoms with van der Waals surface area (Å²) in [5.74, 6) is 1.76. The van der Waals surface area contributed by atoms with Crippen LogP contribution in [0.4, 0.5) is 11.8 Å². The molecule has 0 spiro atoms. The van der Waals surface area contributed by atoms with Gasteiger partial charge in [0.25, 0.3) is 0 Å². The van der Waals surface area contributed by atoms with Gasteiger partial charge in [0.15, 0.2) is 5.82 Å². The summed E-state index contributed by atoms with van der Waals surface area (Å²) in [5.41, 5.74) is 0. The van der Waals surface area contributed by atoms with Crippen molar-refractivity contribution in [1.29, 1.82) is 0 Å². The zero-order valence-electron chi connectivity index (χ0n) is 14.1. The maximum absolute atomic E-state index is 11.4. The van der Waals surface area contributed by atoms with Crippen LogP contribution in [-0.2, 0) is 4.79 Å². The van der Waals surface area contributed by atoms with E-state index < -0.39 is 0 Å². The van der Waals surface area contributed by atoms with Gasteiger partial charge in [0, 0.05) is 45.7 Å². The third kappa shape index (κ3) is 3.54. The molecule has 1 atom stereocenters. The molecule has 1 aromatic rings. The summed E-state index contributed by atoms with van der Waals surface area (Å²) in [5, 5.41) is 8.39. The van der Waals surface area contributed by atoms with Crippen LogP contribution in [0.3, 0.4) is 0 Å². The summed E-state index contributed by atoms with van der Waals surface area (Å²) in [7, 11) is 0. The van der Waals surface area contributed by atoms with Crippen molar-refractivity contribution in [2.75, 3.05) is 42.5 Å². The summed E-state index contributed by atoms with van der Waals surface area (Å²) >= 11 is 0.